The summed E-state index contributed by atoms with van der Waals surface area (Å²) in [5.41, 5.74) is 0. The smallest absolute Gasteiger partial charge is 0.341 e. The lowest BCUT2D eigenvalue weighted by molar-refractivity contribution is -0.153. The van der Waals surface area contributed by atoms with Gasteiger partial charge in [-0.2, -0.15) is 0 Å². The summed E-state index contributed by atoms with van der Waals surface area (Å²) >= 11 is 0. The number of carboxylic acids is 2. The fourth-order valence-electron chi connectivity index (χ4n) is 1.70. The maximum atomic E-state index is 11.1. The Kier molecular flexibility index (Phi) is 5.88. The monoisotopic (exact) mass is 320 g/mol. The zero-order chi connectivity index (χ0) is 15.6. The topological polar surface area (TPSA) is 190 Å². The molecule has 10 nitrogen and oxygen atoms in total. The summed E-state index contributed by atoms with van der Waals surface area (Å²) in [5.74, 6) is -7.93. The van der Waals surface area contributed by atoms with E-state index in [0.717, 1.165) is 0 Å². The van der Waals surface area contributed by atoms with Crippen molar-refractivity contribution in [3.05, 3.63) is 0 Å². The fourth-order valence-corrected chi connectivity index (χ4v) is 4.78. The fraction of sp³-hybridized carbons (Fsp3) is 0.714. The molecule has 19 heavy (non-hydrogen) atoms. The van der Waals surface area contributed by atoms with Gasteiger partial charge in [-0.05, 0) is 6.42 Å². The molecule has 0 saturated carbocycles. The van der Waals surface area contributed by atoms with Crippen LogP contribution in [0.1, 0.15) is 13.3 Å². The maximum Gasteiger partial charge on any atom is 0.341 e. The molecule has 0 amide bonds. The van der Waals surface area contributed by atoms with Gasteiger partial charge in [0.25, 0.3) is 0 Å². The van der Waals surface area contributed by atoms with E-state index in [0.29, 0.717) is 0 Å². The van der Waals surface area contributed by atoms with Crippen LogP contribution in [0.5, 0.6) is 0 Å². The molecule has 0 rings (SSSR count). The summed E-state index contributed by atoms with van der Waals surface area (Å²) in [4.78, 5) is 57.5. The highest BCUT2D eigenvalue weighted by molar-refractivity contribution is 7.71. The van der Waals surface area contributed by atoms with Gasteiger partial charge < -0.3 is 29.8 Å². The van der Waals surface area contributed by atoms with E-state index >= 15 is 0 Å². The summed E-state index contributed by atoms with van der Waals surface area (Å²) in [5, 5.41) is 14.8. The first-order valence-corrected chi connectivity index (χ1v) is 8.26. The van der Waals surface area contributed by atoms with Crippen LogP contribution in [0.4, 0.5) is 0 Å². The number of carbonyl (C=O) groups is 2. The van der Waals surface area contributed by atoms with Crippen LogP contribution in [0, 0.1) is 11.8 Å². The van der Waals surface area contributed by atoms with Gasteiger partial charge in [-0.25, -0.2) is 0 Å². The molecule has 2 unspecified atom stereocenters. The van der Waals surface area contributed by atoms with Crippen molar-refractivity contribution in [1.82, 2.24) is 0 Å². The van der Waals surface area contributed by atoms with Crippen LogP contribution >= 0.6 is 15.2 Å². The Morgan fingerprint density at radius 1 is 0.947 bits per heavy atom. The molecule has 6 N–H and O–H groups in total. The van der Waals surface area contributed by atoms with Crippen molar-refractivity contribution >= 4 is 27.1 Å². The molecule has 0 saturated heterocycles. The van der Waals surface area contributed by atoms with Crippen molar-refractivity contribution in [1.29, 1.82) is 0 Å². The van der Waals surface area contributed by atoms with Crippen LogP contribution in [-0.4, -0.2) is 47.1 Å². The van der Waals surface area contributed by atoms with Crippen LogP contribution in [0.3, 0.4) is 0 Å². The summed E-state index contributed by atoms with van der Waals surface area (Å²) < 4.78 is 22.2. The van der Waals surface area contributed by atoms with E-state index in [1.807, 2.05) is 0 Å². The molecule has 0 fully saturated rings. The molecule has 0 bridgehead atoms. The Hall–Kier alpha value is -0.760. The molecule has 0 aliphatic heterocycles. The van der Waals surface area contributed by atoms with Gasteiger partial charge in [0, 0.05) is 0 Å². The molecular formula is C7H14O10P2. The highest BCUT2D eigenvalue weighted by Gasteiger charge is 2.55. The van der Waals surface area contributed by atoms with Crippen LogP contribution < -0.4 is 0 Å². The van der Waals surface area contributed by atoms with Gasteiger partial charge in [-0.3, -0.25) is 18.7 Å². The predicted molar refractivity (Wildman–Crippen MR) is 60.4 cm³/mol. The van der Waals surface area contributed by atoms with E-state index in [1.165, 1.54) is 6.92 Å². The number of carboxylic acid groups (broad SMARTS) is 2. The number of hydrogen-bond donors (Lipinski definition) is 6. The molecule has 0 aromatic heterocycles. The SMILES string of the molecule is CCC(C(=O)O)C(C(=O)O)C(P(=O)(O)O)P(=O)(O)O. The molecule has 0 aromatic rings. The summed E-state index contributed by atoms with van der Waals surface area (Å²) in [6.45, 7) is 1.23. The lowest BCUT2D eigenvalue weighted by Crippen LogP contribution is -2.38. The highest BCUT2D eigenvalue weighted by atomic mass is 31.2. The standard InChI is InChI=1S/C7H14O10P2/c1-2-3(5(8)9)4(6(10)11)7(18(12,13)14)19(15,16)17/h3-4,7H,2H2,1H3,(H,8,9)(H,10,11)(H2,12,13,14)(H2,15,16,17). The van der Waals surface area contributed by atoms with Crippen molar-refractivity contribution in [3.63, 3.8) is 0 Å². The Labute approximate surface area is 107 Å². The first-order valence-electron chi connectivity index (χ1n) is 4.90. The molecule has 0 heterocycles. The summed E-state index contributed by atoms with van der Waals surface area (Å²) in [6, 6.07) is 0. The summed E-state index contributed by atoms with van der Waals surface area (Å²) in [7, 11) is -11.0. The van der Waals surface area contributed by atoms with E-state index in [4.69, 9.17) is 29.8 Å². The van der Waals surface area contributed by atoms with E-state index in [1.54, 1.807) is 0 Å². The zero-order valence-corrected chi connectivity index (χ0v) is 11.4. The third kappa shape index (κ3) is 4.68. The number of rotatable bonds is 7. The van der Waals surface area contributed by atoms with Gasteiger partial charge in [-0.1, -0.05) is 6.92 Å². The normalized spacial score (nSPS) is 16.1. The molecule has 0 aliphatic carbocycles. The first-order chi connectivity index (χ1) is 8.34. The van der Waals surface area contributed by atoms with Crippen molar-refractivity contribution in [2.24, 2.45) is 11.8 Å². The molecule has 0 radical (unpaired) electrons. The van der Waals surface area contributed by atoms with Crippen molar-refractivity contribution in [2.45, 2.75) is 18.7 Å². The molecule has 12 heteroatoms. The van der Waals surface area contributed by atoms with Crippen LogP contribution in [0.15, 0.2) is 0 Å². The Bertz CT molecular complexity index is 425. The average Bonchev–Trinajstić information content (AvgIpc) is 2.11. The van der Waals surface area contributed by atoms with Gasteiger partial charge in [0.15, 0.2) is 5.40 Å². The van der Waals surface area contributed by atoms with E-state index < -0.39 is 44.4 Å². The van der Waals surface area contributed by atoms with Crippen molar-refractivity contribution < 1.29 is 48.5 Å². The molecule has 2 atom stereocenters. The van der Waals surface area contributed by atoms with E-state index in [-0.39, 0.29) is 6.42 Å². The first kappa shape index (κ1) is 18.2. The number of aliphatic carboxylic acids is 2. The van der Waals surface area contributed by atoms with E-state index in [9.17, 15) is 18.7 Å². The van der Waals surface area contributed by atoms with E-state index in [2.05, 4.69) is 0 Å². The largest absolute Gasteiger partial charge is 0.481 e. The van der Waals surface area contributed by atoms with Crippen LogP contribution in [-0.2, 0) is 18.7 Å². The van der Waals surface area contributed by atoms with Crippen LogP contribution in [0.25, 0.3) is 0 Å². The molecular weight excluding hydrogens is 306 g/mol. The third-order valence-electron chi connectivity index (χ3n) is 2.49. The molecule has 112 valence electrons. The highest BCUT2D eigenvalue weighted by Crippen LogP contribution is 2.64. The lowest BCUT2D eigenvalue weighted by atomic mass is 9.91. The second-order valence-corrected chi connectivity index (χ2v) is 7.69. The average molecular weight is 320 g/mol. The summed E-state index contributed by atoms with van der Waals surface area (Å²) in [6.07, 6.45) is -0.358. The minimum Gasteiger partial charge on any atom is -0.481 e. The predicted octanol–water partition coefficient (Wildman–Crippen LogP) is -0.521. The van der Waals surface area contributed by atoms with Gasteiger partial charge in [0.1, 0.15) is 0 Å². The Morgan fingerprint density at radius 2 is 1.32 bits per heavy atom. The minimum absolute atomic E-state index is 0.358. The minimum atomic E-state index is -5.52. The third-order valence-corrected chi connectivity index (χ3v) is 6.31. The Balaban J connectivity index is 5.96. The van der Waals surface area contributed by atoms with Crippen LogP contribution in [0.2, 0.25) is 0 Å². The van der Waals surface area contributed by atoms with Gasteiger partial charge >= 0.3 is 27.1 Å². The molecule has 0 spiro atoms. The zero-order valence-electron chi connectivity index (χ0n) is 9.65. The second kappa shape index (κ2) is 6.13. The van der Waals surface area contributed by atoms with Gasteiger partial charge in [0.2, 0.25) is 0 Å². The Morgan fingerprint density at radius 3 is 1.47 bits per heavy atom. The van der Waals surface area contributed by atoms with Gasteiger partial charge in [-0.15, -0.1) is 0 Å². The molecule has 0 aromatic carbocycles. The van der Waals surface area contributed by atoms with Crippen molar-refractivity contribution in [2.75, 3.05) is 0 Å². The second-order valence-electron chi connectivity index (χ2n) is 3.81. The lowest BCUT2D eigenvalue weighted by Gasteiger charge is -2.28. The quantitative estimate of drug-likeness (QED) is 0.333. The maximum absolute atomic E-state index is 11.1. The van der Waals surface area contributed by atoms with Crippen molar-refractivity contribution in [3.8, 4) is 0 Å². The van der Waals surface area contributed by atoms with Gasteiger partial charge in [0.05, 0.1) is 11.8 Å². The number of hydrogen-bond acceptors (Lipinski definition) is 4. The molecule has 0 aliphatic rings.